The molecular weight excluding hydrogens is 312 g/mol. The van der Waals surface area contributed by atoms with E-state index in [4.69, 9.17) is 0 Å². The lowest BCUT2D eigenvalue weighted by atomic mass is 10.3. The van der Waals surface area contributed by atoms with Crippen molar-refractivity contribution in [3.63, 3.8) is 0 Å². The second-order valence-corrected chi connectivity index (χ2v) is 6.65. The molecule has 0 fully saturated rings. The van der Waals surface area contributed by atoms with Crippen molar-refractivity contribution in [3.05, 3.63) is 58.6 Å². The Balaban J connectivity index is 2.29. The number of sulfonamides is 1. The van der Waals surface area contributed by atoms with Crippen LogP contribution < -0.4 is 4.72 Å². The Morgan fingerprint density at radius 3 is 2.38 bits per heavy atom. The lowest BCUT2D eigenvalue weighted by Crippen LogP contribution is -2.13. The predicted octanol–water partition coefficient (Wildman–Crippen LogP) is 3.12. The number of hydrogen-bond donors (Lipinski definition) is 1. The predicted molar refractivity (Wildman–Crippen MR) is 82.1 cm³/mol. The number of nitrogens with one attached hydrogen (secondary N) is 1. The summed E-state index contributed by atoms with van der Waals surface area (Å²) in [5.41, 5.74) is 0.134. The van der Waals surface area contributed by atoms with E-state index in [0.717, 1.165) is 11.0 Å². The third-order valence-corrected chi connectivity index (χ3v) is 4.80. The maximum Gasteiger partial charge on any atom is 0.270 e. The molecule has 0 atom stereocenters. The van der Waals surface area contributed by atoms with Gasteiger partial charge in [0.05, 0.1) is 9.82 Å². The van der Waals surface area contributed by atoms with Crippen LogP contribution in [-0.4, -0.2) is 19.6 Å². The molecule has 0 amide bonds. The fourth-order valence-corrected chi connectivity index (χ4v) is 3.14. The molecule has 1 N–H and O–H groups in total. The first-order valence-electron chi connectivity index (χ1n) is 5.84. The van der Waals surface area contributed by atoms with Gasteiger partial charge in [0.25, 0.3) is 15.7 Å². The molecule has 0 heterocycles. The molecule has 21 heavy (non-hydrogen) atoms. The van der Waals surface area contributed by atoms with Crippen molar-refractivity contribution in [3.8, 4) is 0 Å². The Morgan fingerprint density at radius 1 is 1.14 bits per heavy atom. The van der Waals surface area contributed by atoms with E-state index in [1.807, 2.05) is 6.26 Å². The van der Waals surface area contributed by atoms with Crippen LogP contribution in [0.25, 0.3) is 0 Å². The third kappa shape index (κ3) is 3.73. The molecule has 0 radical (unpaired) electrons. The van der Waals surface area contributed by atoms with Gasteiger partial charge in [0, 0.05) is 22.7 Å². The van der Waals surface area contributed by atoms with E-state index in [1.54, 1.807) is 36.0 Å². The van der Waals surface area contributed by atoms with Crippen LogP contribution in [0.1, 0.15) is 0 Å². The number of benzene rings is 2. The summed E-state index contributed by atoms with van der Waals surface area (Å²) >= 11 is 1.54. The first kappa shape index (κ1) is 15.3. The average Bonchev–Trinajstić information content (AvgIpc) is 2.48. The molecule has 110 valence electrons. The van der Waals surface area contributed by atoms with E-state index < -0.39 is 14.9 Å². The molecule has 0 aliphatic carbocycles. The van der Waals surface area contributed by atoms with E-state index >= 15 is 0 Å². The van der Waals surface area contributed by atoms with Gasteiger partial charge in [0.15, 0.2) is 0 Å². The Labute approximate surface area is 126 Å². The maximum absolute atomic E-state index is 12.2. The molecule has 2 aromatic rings. The Hall–Kier alpha value is -2.06. The van der Waals surface area contributed by atoms with E-state index in [0.29, 0.717) is 5.69 Å². The first-order chi connectivity index (χ1) is 9.92. The van der Waals surface area contributed by atoms with Gasteiger partial charge in [-0.1, -0.05) is 6.07 Å². The number of nitro groups is 1. The smallest absolute Gasteiger partial charge is 0.270 e. The van der Waals surface area contributed by atoms with Gasteiger partial charge in [0.2, 0.25) is 0 Å². The zero-order chi connectivity index (χ0) is 15.5. The lowest BCUT2D eigenvalue weighted by Gasteiger charge is -2.08. The van der Waals surface area contributed by atoms with Crippen molar-refractivity contribution < 1.29 is 13.3 Å². The second kappa shape index (κ2) is 6.15. The van der Waals surface area contributed by atoms with E-state index in [1.165, 1.54) is 18.2 Å². The van der Waals surface area contributed by atoms with Crippen molar-refractivity contribution in [2.75, 3.05) is 11.0 Å². The summed E-state index contributed by atoms with van der Waals surface area (Å²) in [6.45, 7) is 0. The third-order valence-electron chi connectivity index (χ3n) is 2.68. The number of thioether (sulfide) groups is 1. The Kier molecular flexibility index (Phi) is 4.49. The van der Waals surface area contributed by atoms with E-state index in [2.05, 4.69) is 4.72 Å². The van der Waals surface area contributed by atoms with Gasteiger partial charge >= 0.3 is 0 Å². The van der Waals surface area contributed by atoms with Gasteiger partial charge in [-0.05, 0) is 36.6 Å². The van der Waals surface area contributed by atoms with Gasteiger partial charge < -0.3 is 0 Å². The molecule has 2 rings (SSSR count). The first-order valence-corrected chi connectivity index (χ1v) is 8.54. The molecule has 2 aromatic carbocycles. The highest BCUT2D eigenvalue weighted by atomic mass is 32.2. The molecule has 8 heteroatoms. The number of rotatable bonds is 5. The van der Waals surface area contributed by atoms with Crippen LogP contribution in [-0.2, 0) is 10.0 Å². The van der Waals surface area contributed by atoms with Crippen LogP contribution in [0.2, 0.25) is 0 Å². The minimum atomic E-state index is -3.85. The van der Waals surface area contributed by atoms with Crippen LogP contribution in [0.3, 0.4) is 0 Å². The number of nitrogens with zero attached hydrogens (tertiary/aromatic N) is 1. The minimum absolute atomic E-state index is 0.148. The fourth-order valence-electron chi connectivity index (χ4n) is 1.64. The topological polar surface area (TPSA) is 89.3 Å². The number of anilines is 1. The molecule has 6 nitrogen and oxygen atoms in total. The van der Waals surface area contributed by atoms with Crippen molar-refractivity contribution in [1.82, 2.24) is 0 Å². The Bertz CT molecular complexity index is 758. The zero-order valence-corrected chi connectivity index (χ0v) is 12.6. The van der Waals surface area contributed by atoms with E-state index in [-0.39, 0.29) is 10.6 Å². The van der Waals surface area contributed by atoms with Gasteiger partial charge in [-0.25, -0.2) is 8.42 Å². The molecule has 0 saturated heterocycles. The standard InChI is InChI=1S/C13H12N2O4S2/c1-20-12-7-5-10(6-8-12)14-21(18,19)13-4-2-3-11(9-13)15(16)17/h2-9,14H,1H3. The average molecular weight is 324 g/mol. The molecule has 0 saturated carbocycles. The van der Waals surface area contributed by atoms with Crippen molar-refractivity contribution in [2.24, 2.45) is 0 Å². The number of hydrogen-bond acceptors (Lipinski definition) is 5. The summed E-state index contributed by atoms with van der Waals surface area (Å²) in [7, 11) is -3.85. The molecule has 0 aliphatic heterocycles. The molecule has 0 spiro atoms. The molecule has 0 aliphatic rings. The van der Waals surface area contributed by atoms with E-state index in [9.17, 15) is 18.5 Å². The SMILES string of the molecule is CSc1ccc(NS(=O)(=O)c2cccc([N+](=O)[O-])c2)cc1. The summed E-state index contributed by atoms with van der Waals surface area (Å²) in [4.78, 5) is 10.9. The summed E-state index contributed by atoms with van der Waals surface area (Å²) in [5, 5.41) is 10.7. The quantitative estimate of drug-likeness (QED) is 0.518. The number of non-ortho nitro benzene ring substituents is 1. The van der Waals surface area contributed by atoms with Crippen molar-refractivity contribution >= 4 is 33.2 Å². The van der Waals surface area contributed by atoms with Crippen LogP contribution in [0, 0.1) is 10.1 Å². The van der Waals surface area contributed by atoms with Crippen molar-refractivity contribution in [1.29, 1.82) is 0 Å². The summed E-state index contributed by atoms with van der Waals surface area (Å²) in [6, 6.07) is 11.8. The molecular formula is C13H12N2O4S2. The summed E-state index contributed by atoms with van der Waals surface area (Å²) in [5.74, 6) is 0. The number of nitro benzene ring substituents is 1. The molecule has 0 aromatic heterocycles. The highest BCUT2D eigenvalue weighted by molar-refractivity contribution is 7.98. The monoisotopic (exact) mass is 324 g/mol. The summed E-state index contributed by atoms with van der Waals surface area (Å²) in [6.07, 6.45) is 1.92. The molecule has 0 bridgehead atoms. The fraction of sp³-hybridized carbons (Fsp3) is 0.0769. The van der Waals surface area contributed by atoms with Crippen LogP contribution in [0.15, 0.2) is 58.3 Å². The molecule has 0 unspecified atom stereocenters. The zero-order valence-electron chi connectivity index (χ0n) is 11.0. The van der Waals surface area contributed by atoms with Crippen LogP contribution >= 0.6 is 11.8 Å². The van der Waals surface area contributed by atoms with Gasteiger partial charge in [-0.15, -0.1) is 11.8 Å². The largest absolute Gasteiger partial charge is 0.280 e. The maximum atomic E-state index is 12.2. The normalized spacial score (nSPS) is 11.1. The van der Waals surface area contributed by atoms with Gasteiger partial charge in [0.1, 0.15) is 0 Å². The highest BCUT2D eigenvalue weighted by Gasteiger charge is 2.17. The van der Waals surface area contributed by atoms with Crippen molar-refractivity contribution in [2.45, 2.75) is 9.79 Å². The van der Waals surface area contributed by atoms with Gasteiger partial charge in [-0.2, -0.15) is 0 Å². The van der Waals surface area contributed by atoms with Crippen LogP contribution in [0.5, 0.6) is 0 Å². The highest BCUT2D eigenvalue weighted by Crippen LogP contribution is 2.22. The minimum Gasteiger partial charge on any atom is -0.280 e. The summed E-state index contributed by atoms with van der Waals surface area (Å²) < 4.78 is 26.8. The Morgan fingerprint density at radius 2 is 1.81 bits per heavy atom. The van der Waals surface area contributed by atoms with Gasteiger partial charge in [-0.3, -0.25) is 14.8 Å². The lowest BCUT2D eigenvalue weighted by molar-refractivity contribution is -0.385. The second-order valence-electron chi connectivity index (χ2n) is 4.09. The van der Waals surface area contributed by atoms with Crippen LogP contribution in [0.4, 0.5) is 11.4 Å².